The van der Waals surface area contributed by atoms with Gasteiger partial charge in [-0.3, -0.25) is 4.68 Å². The van der Waals surface area contributed by atoms with E-state index in [1.165, 1.54) is 0 Å². The summed E-state index contributed by atoms with van der Waals surface area (Å²) >= 11 is 0. The van der Waals surface area contributed by atoms with Crippen LogP contribution in [0, 0.1) is 0 Å². The highest BCUT2D eigenvalue weighted by Gasteiger charge is 2.02. The molecule has 0 saturated heterocycles. The molecule has 1 aromatic rings. The highest BCUT2D eigenvalue weighted by atomic mass is 15.3. The first-order valence-electron chi connectivity index (χ1n) is 5.09. The molecule has 0 unspecified atom stereocenters. The van der Waals surface area contributed by atoms with Crippen LogP contribution in [-0.2, 0) is 6.54 Å². The fourth-order valence-electron chi connectivity index (χ4n) is 1.24. The zero-order chi connectivity index (χ0) is 10.6. The summed E-state index contributed by atoms with van der Waals surface area (Å²) in [4.78, 5) is 2.33. The van der Waals surface area contributed by atoms with Crippen molar-refractivity contribution in [3.05, 3.63) is 12.3 Å². The second-order valence-corrected chi connectivity index (χ2v) is 3.93. The minimum atomic E-state index is 0.599. The monoisotopic (exact) mass is 196 g/mol. The number of hydrogen-bond donors (Lipinski definition) is 1. The SMILES string of the molecule is CC(C)N(C)CCCn1ccc(N)n1. The Labute approximate surface area is 85.7 Å². The Bertz CT molecular complexity index is 267. The number of nitrogen functional groups attached to an aromatic ring is 1. The van der Waals surface area contributed by atoms with E-state index in [9.17, 15) is 0 Å². The molecule has 0 atom stereocenters. The van der Waals surface area contributed by atoms with Gasteiger partial charge in [-0.25, -0.2) is 0 Å². The first kappa shape index (κ1) is 11.0. The number of hydrogen-bond acceptors (Lipinski definition) is 3. The van der Waals surface area contributed by atoms with Crippen molar-refractivity contribution < 1.29 is 0 Å². The summed E-state index contributed by atoms with van der Waals surface area (Å²) in [7, 11) is 2.14. The second-order valence-electron chi connectivity index (χ2n) is 3.93. The van der Waals surface area contributed by atoms with Crippen molar-refractivity contribution in [2.45, 2.75) is 32.9 Å². The molecule has 0 aliphatic rings. The van der Waals surface area contributed by atoms with E-state index in [2.05, 4.69) is 30.9 Å². The van der Waals surface area contributed by atoms with Crippen LogP contribution in [0.25, 0.3) is 0 Å². The van der Waals surface area contributed by atoms with E-state index in [1.54, 1.807) is 0 Å². The first-order chi connectivity index (χ1) is 6.59. The van der Waals surface area contributed by atoms with Crippen molar-refractivity contribution in [1.82, 2.24) is 14.7 Å². The average molecular weight is 196 g/mol. The van der Waals surface area contributed by atoms with Crippen LogP contribution < -0.4 is 5.73 Å². The molecule has 1 rings (SSSR count). The number of rotatable bonds is 5. The molecule has 14 heavy (non-hydrogen) atoms. The van der Waals surface area contributed by atoms with Gasteiger partial charge in [0.2, 0.25) is 0 Å². The van der Waals surface area contributed by atoms with E-state index in [4.69, 9.17) is 5.73 Å². The third kappa shape index (κ3) is 3.38. The Balaban J connectivity index is 2.22. The molecule has 0 aromatic carbocycles. The topological polar surface area (TPSA) is 47.1 Å². The van der Waals surface area contributed by atoms with Crippen LogP contribution in [0.1, 0.15) is 20.3 Å². The van der Waals surface area contributed by atoms with Crippen LogP contribution >= 0.6 is 0 Å². The van der Waals surface area contributed by atoms with E-state index in [0.29, 0.717) is 11.9 Å². The molecule has 0 aliphatic carbocycles. The molecule has 0 bridgehead atoms. The lowest BCUT2D eigenvalue weighted by Crippen LogP contribution is -2.27. The van der Waals surface area contributed by atoms with Gasteiger partial charge in [0, 0.05) is 18.8 Å². The predicted octanol–water partition coefficient (Wildman–Crippen LogP) is 1.20. The summed E-state index contributed by atoms with van der Waals surface area (Å²) in [6.45, 7) is 6.43. The Kier molecular flexibility index (Phi) is 3.95. The van der Waals surface area contributed by atoms with Crippen molar-refractivity contribution in [3.8, 4) is 0 Å². The second kappa shape index (κ2) is 5.00. The van der Waals surface area contributed by atoms with Gasteiger partial charge in [0.05, 0.1) is 0 Å². The maximum atomic E-state index is 5.52. The van der Waals surface area contributed by atoms with Gasteiger partial charge in [-0.2, -0.15) is 5.10 Å². The molecule has 0 fully saturated rings. The fourth-order valence-corrected chi connectivity index (χ4v) is 1.24. The molecule has 4 heteroatoms. The lowest BCUT2D eigenvalue weighted by Gasteiger charge is -2.20. The van der Waals surface area contributed by atoms with Crippen LogP contribution in [-0.4, -0.2) is 34.3 Å². The molecule has 0 spiro atoms. The molecule has 0 saturated carbocycles. The molecule has 0 radical (unpaired) electrons. The molecular weight excluding hydrogens is 176 g/mol. The number of aromatic nitrogens is 2. The van der Waals surface area contributed by atoms with Crippen LogP contribution in [0.15, 0.2) is 12.3 Å². The third-order valence-electron chi connectivity index (χ3n) is 2.44. The summed E-state index contributed by atoms with van der Waals surface area (Å²) in [6, 6.07) is 2.43. The largest absolute Gasteiger partial charge is 0.382 e. The van der Waals surface area contributed by atoms with Gasteiger partial charge in [0.1, 0.15) is 5.82 Å². The summed E-state index contributed by atoms with van der Waals surface area (Å²) in [5, 5.41) is 4.13. The number of anilines is 1. The number of nitrogens with zero attached hydrogens (tertiary/aromatic N) is 3. The Hall–Kier alpha value is -1.03. The van der Waals surface area contributed by atoms with Crippen LogP contribution in [0.3, 0.4) is 0 Å². The van der Waals surface area contributed by atoms with E-state index in [1.807, 2.05) is 16.9 Å². The predicted molar refractivity (Wildman–Crippen MR) is 59.0 cm³/mol. The van der Waals surface area contributed by atoms with E-state index in [0.717, 1.165) is 19.5 Å². The van der Waals surface area contributed by atoms with E-state index < -0.39 is 0 Å². The number of aryl methyl sites for hydroxylation is 1. The van der Waals surface area contributed by atoms with Crippen LogP contribution in [0.5, 0.6) is 0 Å². The molecule has 0 aliphatic heterocycles. The molecule has 1 aromatic heterocycles. The summed E-state index contributed by atoms with van der Waals surface area (Å²) < 4.78 is 1.89. The van der Waals surface area contributed by atoms with Crippen molar-refractivity contribution in [1.29, 1.82) is 0 Å². The van der Waals surface area contributed by atoms with Gasteiger partial charge in [-0.05, 0) is 39.9 Å². The highest BCUT2D eigenvalue weighted by Crippen LogP contribution is 1.99. The van der Waals surface area contributed by atoms with Crippen molar-refractivity contribution in [2.75, 3.05) is 19.3 Å². The van der Waals surface area contributed by atoms with Gasteiger partial charge in [0.15, 0.2) is 0 Å². The van der Waals surface area contributed by atoms with Gasteiger partial charge in [-0.15, -0.1) is 0 Å². The van der Waals surface area contributed by atoms with Crippen LogP contribution in [0.2, 0.25) is 0 Å². The zero-order valence-electron chi connectivity index (χ0n) is 9.27. The van der Waals surface area contributed by atoms with Crippen molar-refractivity contribution >= 4 is 5.82 Å². The smallest absolute Gasteiger partial charge is 0.145 e. The summed E-state index contributed by atoms with van der Waals surface area (Å²) in [5.74, 6) is 0.599. The molecule has 0 amide bonds. The Morgan fingerprint density at radius 3 is 2.79 bits per heavy atom. The van der Waals surface area contributed by atoms with Gasteiger partial charge < -0.3 is 10.6 Å². The molecular formula is C10H20N4. The molecule has 80 valence electrons. The van der Waals surface area contributed by atoms with E-state index >= 15 is 0 Å². The standard InChI is InChI=1S/C10H20N4/c1-9(2)13(3)6-4-7-14-8-5-10(11)12-14/h5,8-9H,4,6-7H2,1-3H3,(H2,11,12). The van der Waals surface area contributed by atoms with Crippen molar-refractivity contribution in [3.63, 3.8) is 0 Å². The summed E-state index contributed by atoms with van der Waals surface area (Å²) in [6.07, 6.45) is 3.03. The fraction of sp³-hybridized carbons (Fsp3) is 0.700. The molecule has 1 heterocycles. The normalized spacial score (nSPS) is 11.5. The van der Waals surface area contributed by atoms with Gasteiger partial charge >= 0.3 is 0 Å². The Morgan fingerprint density at radius 2 is 2.29 bits per heavy atom. The quantitative estimate of drug-likeness (QED) is 0.769. The first-order valence-corrected chi connectivity index (χ1v) is 5.09. The van der Waals surface area contributed by atoms with Gasteiger partial charge in [0.25, 0.3) is 0 Å². The maximum absolute atomic E-state index is 5.52. The Morgan fingerprint density at radius 1 is 1.57 bits per heavy atom. The average Bonchev–Trinajstić information content (AvgIpc) is 2.51. The molecule has 2 N–H and O–H groups in total. The lowest BCUT2D eigenvalue weighted by atomic mass is 10.3. The minimum Gasteiger partial charge on any atom is -0.382 e. The third-order valence-corrected chi connectivity index (χ3v) is 2.44. The minimum absolute atomic E-state index is 0.599. The lowest BCUT2D eigenvalue weighted by molar-refractivity contribution is 0.264. The molecule has 4 nitrogen and oxygen atoms in total. The summed E-state index contributed by atoms with van der Waals surface area (Å²) in [5.41, 5.74) is 5.52. The zero-order valence-corrected chi connectivity index (χ0v) is 9.27. The number of nitrogens with two attached hydrogens (primary N) is 1. The van der Waals surface area contributed by atoms with Crippen molar-refractivity contribution in [2.24, 2.45) is 0 Å². The van der Waals surface area contributed by atoms with Crippen LogP contribution in [0.4, 0.5) is 5.82 Å². The van der Waals surface area contributed by atoms with E-state index in [-0.39, 0.29) is 0 Å². The highest BCUT2D eigenvalue weighted by molar-refractivity contribution is 5.23. The maximum Gasteiger partial charge on any atom is 0.145 e. The van der Waals surface area contributed by atoms with Gasteiger partial charge in [-0.1, -0.05) is 0 Å².